The summed E-state index contributed by atoms with van der Waals surface area (Å²) in [5, 5.41) is 17.6. The Hall–Kier alpha value is -2.36. The van der Waals surface area contributed by atoms with E-state index in [9.17, 15) is 4.79 Å². The van der Waals surface area contributed by atoms with Crippen molar-refractivity contribution in [3.05, 3.63) is 57.7 Å². The molecule has 1 heterocycles. The number of anilines is 1. The van der Waals surface area contributed by atoms with Gasteiger partial charge in [0.1, 0.15) is 11.6 Å². The van der Waals surface area contributed by atoms with E-state index < -0.39 is 5.91 Å². The predicted octanol–water partition coefficient (Wildman–Crippen LogP) is 3.24. The molecule has 0 aliphatic carbocycles. The number of nitriles is 1. The van der Waals surface area contributed by atoms with Gasteiger partial charge in [-0.1, -0.05) is 29.8 Å². The Balaban J connectivity index is 1.97. The molecule has 0 aliphatic rings. The molecule has 1 aromatic carbocycles. The summed E-state index contributed by atoms with van der Waals surface area (Å²) in [7, 11) is 0. The smallest absolute Gasteiger partial charge is 0.263 e. The van der Waals surface area contributed by atoms with E-state index in [1.807, 2.05) is 36.6 Å². The average molecular weight is 333 g/mol. The Morgan fingerprint density at radius 2 is 2.27 bits per heavy atom. The number of carbonyl (C=O) groups excluding carboxylic acids is 1. The number of halogens is 1. The number of aryl methyl sites for hydroxylation is 1. The number of thiazole rings is 1. The normalized spacial score (nSPS) is 10.9. The second kappa shape index (κ2) is 7.59. The van der Waals surface area contributed by atoms with Crippen LogP contribution in [-0.4, -0.2) is 10.9 Å². The van der Waals surface area contributed by atoms with Crippen molar-refractivity contribution in [2.75, 3.05) is 5.32 Å². The third kappa shape index (κ3) is 4.32. The number of carbonyl (C=O) groups is 1. The number of hydrogen-bond donors (Lipinski definition) is 2. The van der Waals surface area contributed by atoms with E-state index in [1.165, 1.54) is 17.5 Å². The Bertz CT molecular complexity index is 748. The first-order chi connectivity index (χ1) is 10.6. The zero-order chi connectivity index (χ0) is 15.9. The van der Waals surface area contributed by atoms with Crippen LogP contribution in [0.1, 0.15) is 11.3 Å². The maximum absolute atomic E-state index is 12.0. The Morgan fingerprint density at radius 1 is 1.50 bits per heavy atom. The van der Waals surface area contributed by atoms with E-state index >= 15 is 0 Å². The van der Waals surface area contributed by atoms with Gasteiger partial charge in [0.05, 0.1) is 5.69 Å². The van der Waals surface area contributed by atoms with Gasteiger partial charge in [0.2, 0.25) is 0 Å². The van der Waals surface area contributed by atoms with Gasteiger partial charge in [0.25, 0.3) is 5.91 Å². The van der Waals surface area contributed by atoms with Gasteiger partial charge in [-0.2, -0.15) is 5.26 Å². The molecule has 0 saturated carbocycles. The monoisotopic (exact) mass is 332 g/mol. The topological polar surface area (TPSA) is 77.8 Å². The van der Waals surface area contributed by atoms with Crippen molar-refractivity contribution >= 4 is 34.0 Å². The van der Waals surface area contributed by atoms with Gasteiger partial charge in [0, 0.05) is 23.1 Å². The van der Waals surface area contributed by atoms with Crippen molar-refractivity contribution in [2.24, 2.45) is 0 Å². The van der Waals surface area contributed by atoms with Crippen molar-refractivity contribution < 1.29 is 4.79 Å². The van der Waals surface area contributed by atoms with Crippen molar-refractivity contribution in [3.8, 4) is 6.07 Å². The minimum absolute atomic E-state index is 0.0279. The SMILES string of the molecule is Cc1csc(N/C=C(/C#N)C(=O)NCc2ccccc2Cl)n1. The van der Waals surface area contributed by atoms with E-state index in [4.69, 9.17) is 16.9 Å². The zero-order valence-electron chi connectivity index (χ0n) is 11.8. The van der Waals surface area contributed by atoms with Gasteiger partial charge >= 0.3 is 0 Å². The van der Waals surface area contributed by atoms with Crippen molar-refractivity contribution in [1.29, 1.82) is 5.26 Å². The van der Waals surface area contributed by atoms with Gasteiger partial charge in [-0.3, -0.25) is 4.79 Å². The highest BCUT2D eigenvalue weighted by Gasteiger charge is 2.09. The number of aromatic nitrogens is 1. The summed E-state index contributed by atoms with van der Waals surface area (Å²) in [4.78, 5) is 16.2. The van der Waals surface area contributed by atoms with Crippen molar-refractivity contribution in [3.63, 3.8) is 0 Å². The molecule has 2 N–H and O–H groups in total. The quantitative estimate of drug-likeness (QED) is 0.651. The van der Waals surface area contributed by atoms with Gasteiger partial charge in [0.15, 0.2) is 5.13 Å². The molecule has 2 rings (SSSR count). The fourth-order valence-electron chi connectivity index (χ4n) is 1.62. The number of amides is 1. The molecule has 2 aromatic rings. The minimum Gasteiger partial charge on any atom is -0.347 e. The van der Waals surface area contributed by atoms with E-state index in [-0.39, 0.29) is 12.1 Å². The first-order valence-electron chi connectivity index (χ1n) is 6.40. The maximum Gasteiger partial charge on any atom is 0.263 e. The molecule has 1 amide bonds. The molecule has 0 bridgehead atoms. The summed E-state index contributed by atoms with van der Waals surface area (Å²) >= 11 is 7.42. The van der Waals surface area contributed by atoms with Gasteiger partial charge in [-0.15, -0.1) is 11.3 Å². The first-order valence-corrected chi connectivity index (χ1v) is 7.66. The summed E-state index contributed by atoms with van der Waals surface area (Å²) in [6, 6.07) is 9.07. The highest BCUT2D eigenvalue weighted by Crippen LogP contribution is 2.15. The standard InChI is InChI=1S/C15H13ClN4OS/c1-10-9-22-15(20-10)19-8-12(6-17)14(21)18-7-11-4-2-3-5-13(11)16/h2-5,8-9H,7H2,1H3,(H,18,21)(H,19,20)/b12-8-. The molecular weight excluding hydrogens is 320 g/mol. The summed E-state index contributed by atoms with van der Waals surface area (Å²) in [6.07, 6.45) is 1.35. The van der Waals surface area contributed by atoms with Gasteiger partial charge in [-0.05, 0) is 18.6 Å². The summed E-state index contributed by atoms with van der Waals surface area (Å²) in [5.41, 5.74) is 1.64. The predicted molar refractivity (Wildman–Crippen MR) is 87.5 cm³/mol. The van der Waals surface area contributed by atoms with Gasteiger partial charge in [-0.25, -0.2) is 4.98 Å². The molecule has 5 nitrogen and oxygen atoms in total. The fraction of sp³-hybridized carbons (Fsp3) is 0.133. The molecule has 0 radical (unpaired) electrons. The van der Waals surface area contributed by atoms with Crippen LogP contribution in [0.2, 0.25) is 5.02 Å². The number of nitrogens with one attached hydrogen (secondary N) is 2. The average Bonchev–Trinajstić information content (AvgIpc) is 2.92. The first kappa shape index (κ1) is 16.0. The summed E-state index contributed by atoms with van der Waals surface area (Å²) in [6.45, 7) is 2.13. The van der Waals surface area contributed by atoms with E-state index in [0.717, 1.165) is 11.3 Å². The van der Waals surface area contributed by atoms with Crippen LogP contribution < -0.4 is 10.6 Å². The molecule has 0 spiro atoms. The number of nitrogens with zero attached hydrogens (tertiary/aromatic N) is 2. The second-order valence-electron chi connectivity index (χ2n) is 4.38. The van der Waals surface area contributed by atoms with Crippen LogP contribution in [0.4, 0.5) is 5.13 Å². The molecule has 0 fully saturated rings. The maximum atomic E-state index is 12.0. The molecule has 0 unspecified atom stereocenters. The number of hydrogen-bond acceptors (Lipinski definition) is 5. The van der Waals surface area contributed by atoms with Crippen LogP contribution in [0.15, 0.2) is 41.4 Å². The molecule has 1 aromatic heterocycles. The minimum atomic E-state index is -0.469. The van der Waals surface area contributed by atoms with Crippen LogP contribution in [0.5, 0.6) is 0 Å². The van der Waals surface area contributed by atoms with Crippen molar-refractivity contribution in [2.45, 2.75) is 13.5 Å². The van der Waals surface area contributed by atoms with Crippen molar-refractivity contribution in [1.82, 2.24) is 10.3 Å². The largest absolute Gasteiger partial charge is 0.347 e. The molecule has 22 heavy (non-hydrogen) atoms. The fourth-order valence-corrected chi connectivity index (χ4v) is 2.48. The van der Waals surface area contributed by atoms with E-state index in [1.54, 1.807) is 6.07 Å². The Labute approximate surface area is 137 Å². The van der Waals surface area contributed by atoms with Crippen LogP contribution in [0.3, 0.4) is 0 Å². The Morgan fingerprint density at radius 3 is 2.91 bits per heavy atom. The van der Waals surface area contributed by atoms with Crippen LogP contribution in [0.25, 0.3) is 0 Å². The lowest BCUT2D eigenvalue weighted by Gasteiger charge is -2.06. The number of benzene rings is 1. The molecular formula is C15H13ClN4OS. The lowest BCUT2D eigenvalue weighted by molar-refractivity contribution is -0.117. The summed E-state index contributed by atoms with van der Waals surface area (Å²) in [5.74, 6) is -0.469. The van der Waals surface area contributed by atoms with Crippen LogP contribution >= 0.6 is 22.9 Å². The third-order valence-corrected chi connectivity index (χ3v) is 3.98. The zero-order valence-corrected chi connectivity index (χ0v) is 13.3. The highest BCUT2D eigenvalue weighted by atomic mass is 35.5. The molecule has 0 saturated heterocycles. The Kier molecular flexibility index (Phi) is 5.53. The van der Waals surface area contributed by atoms with Crippen LogP contribution in [-0.2, 0) is 11.3 Å². The van der Waals surface area contributed by atoms with Crippen LogP contribution in [0, 0.1) is 18.3 Å². The molecule has 7 heteroatoms. The molecule has 0 atom stereocenters. The number of rotatable bonds is 5. The highest BCUT2D eigenvalue weighted by molar-refractivity contribution is 7.13. The van der Waals surface area contributed by atoms with E-state index in [2.05, 4.69) is 15.6 Å². The second-order valence-corrected chi connectivity index (χ2v) is 5.65. The summed E-state index contributed by atoms with van der Waals surface area (Å²) < 4.78 is 0. The lowest BCUT2D eigenvalue weighted by atomic mass is 10.2. The van der Waals surface area contributed by atoms with Gasteiger partial charge < -0.3 is 10.6 Å². The lowest BCUT2D eigenvalue weighted by Crippen LogP contribution is -2.24. The third-order valence-electron chi connectivity index (χ3n) is 2.72. The molecule has 112 valence electrons. The molecule has 0 aliphatic heterocycles. The van der Waals surface area contributed by atoms with E-state index in [0.29, 0.717) is 10.2 Å².